The van der Waals surface area contributed by atoms with Crippen molar-refractivity contribution in [3.63, 3.8) is 0 Å². The van der Waals surface area contributed by atoms with Gasteiger partial charge in [-0.25, -0.2) is 0 Å². The predicted molar refractivity (Wildman–Crippen MR) is 83.2 cm³/mol. The second kappa shape index (κ2) is 6.86. The minimum absolute atomic E-state index is 0.247. The molecular weight excluding hydrogens is 326 g/mol. The van der Waals surface area contributed by atoms with E-state index in [2.05, 4.69) is 33.4 Å². The van der Waals surface area contributed by atoms with E-state index in [1.165, 1.54) is 11.1 Å². The first-order valence-electron chi connectivity index (χ1n) is 6.55. The average Bonchev–Trinajstić information content (AvgIpc) is 2.81. The summed E-state index contributed by atoms with van der Waals surface area (Å²) in [6, 6.07) is 4.24. The van der Waals surface area contributed by atoms with E-state index in [9.17, 15) is 4.21 Å². The maximum Gasteiger partial charge on any atom is 0.127 e. The lowest BCUT2D eigenvalue weighted by Crippen LogP contribution is -2.21. The van der Waals surface area contributed by atoms with Crippen molar-refractivity contribution in [1.82, 2.24) is 5.32 Å². The van der Waals surface area contributed by atoms with Crippen LogP contribution in [0.3, 0.4) is 0 Å². The molecule has 0 aromatic heterocycles. The van der Waals surface area contributed by atoms with Crippen molar-refractivity contribution in [2.75, 3.05) is 19.4 Å². The fourth-order valence-electron chi connectivity index (χ4n) is 2.17. The molecule has 1 aliphatic rings. The van der Waals surface area contributed by atoms with E-state index in [0.29, 0.717) is 0 Å². The topological polar surface area (TPSA) is 38.3 Å². The van der Waals surface area contributed by atoms with E-state index in [-0.39, 0.29) is 5.25 Å². The van der Waals surface area contributed by atoms with Gasteiger partial charge in [0.05, 0.1) is 6.61 Å². The molecule has 2 rings (SSSR count). The molecule has 1 aliphatic heterocycles. The van der Waals surface area contributed by atoms with Crippen LogP contribution < -0.4 is 10.1 Å². The van der Waals surface area contributed by atoms with Crippen LogP contribution in [0.2, 0.25) is 0 Å². The Balaban J connectivity index is 1.88. The van der Waals surface area contributed by atoms with Gasteiger partial charge in [0.25, 0.3) is 0 Å². The Labute approximate surface area is 125 Å². The zero-order chi connectivity index (χ0) is 13.8. The third-order valence-corrected chi connectivity index (χ3v) is 5.26. The number of ether oxygens (including phenoxy) is 1. The number of hydrogen-bond acceptors (Lipinski definition) is 3. The summed E-state index contributed by atoms with van der Waals surface area (Å²) in [5.74, 6) is 1.04. The molecule has 0 radical (unpaired) electrons. The summed E-state index contributed by atoms with van der Waals surface area (Å²) in [4.78, 5) is 0. The normalized spacial score (nSPS) is 16.8. The number of benzene rings is 1. The van der Waals surface area contributed by atoms with Gasteiger partial charge in [-0.3, -0.25) is 4.21 Å². The largest absolute Gasteiger partial charge is 0.493 e. The van der Waals surface area contributed by atoms with Crippen molar-refractivity contribution in [2.45, 2.75) is 31.6 Å². The molecule has 106 valence electrons. The third-order valence-electron chi connectivity index (χ3n) is 3.44. The zero-order valence-corrected chi connectivity index (χ0v) is 13.8. The van der Waals surface area contributed by atoms with Gasteiger partial charge in [-0.2, -0.15) is 0 Å². The van der Waals surface area contributed by atoms with Gasteiger partial charge in [-0.05, 0) is 30.7 Å². The van der Waals surface area contributed by atoms with Crippen LogP contribution in [-0.4, -0.2) is 28.9 Å². The second-order valence-electron chi connectivity index (χ2n) is 4.93. The minimum Gasteiger partial charge on any atom is -0.493 e. The Morgan fingerprint density at radius 2 is 2.32 bits per heavy atom. The third kappa shape index (κ3) is 4.04. The van der Waals surface area contributed by atoms with Crippen molar-refractivity contribution in [3.05, 3.63) is 27.7 Å². The summed E-state index contributed by atoms with van der Waals surface area (Å²) in [5.41, 5.74) is 2.49. The van der Waals surface area contributed by atoms with Crippen LogP contribution in [0.5, 0.6) is 5.75 Å². The molecule has 1 aromatic rings. The van der Waals surface area contributed by atoms with Gasteiger partial charge in [-0.1, -0.05) is 22.9 Å². The molecule has 1 heterocycles. The number of nitrogens with one attached hydrogen (secondary N) is 1. The SMILES string of the molecule is C[C@H](CCNCc1cc(Br)cc2c1OCC2)[S@@](C)=O. The Hall–Kier alpha value is -0.390. The molecule has 0 unspecified atom stereocenters. The minimum atomic E-state index is -0.734. The number of rotatable bonds is 6. The molecule has 1 aromatic carbocycles. The van der Waals surface area contributed by atoms with E-state index in [4.69, 9.17) is 4.74 Å². The van der Waals surface area contributed by atoms with E-state index >= 15 is 0 Å². The van der Waals surface area contributed by atoms with Crippen molar-refractivity contribution in [3.8, 4) is 5.75 Å². The second-order valence-corrected chi connectivity index (χ2v) is 7.64. The van der Waals surface area contributed by atoms with E-state index < -0.39 is 10.8 Å². The smallest absolute Gasteiger partial charge is 0.127 e. The van der Waals surface area contributed by atoms with Crippen LogP contribution in [0.15, 0.2) is 16.6 Å². The van der Waals surface area contributed by atoms with Crippen LogP contribution in [0, 0.1) is 0 Å². The Morgan fingerprint density at radius 3 is 3.05 bits per heavy atom. The quantitative estimate of drug-likeness (QED) is 0.805. The summed E-state index contributed by atoms with van der Waals surface area (Å²) in [6.45, 7) is 4.48. The monoisotopic (exact) mass is 345 g/mol. The van der Waals surface area contributed by atoms with Gasteiger partial charge in [-0.15, -0.1) is 0 Å². The van der Waals surface area contributed by atoms with Gasteiger partial charge >= 0.3 is 0 Å². The van der Waals surface area contributed by atoms with Gasteiger partial charge in [0.15, 0.2) is 0 Å². The fourth-order valence-corrected chi connectivity index (χ4v) is 3.17. The van der Waals surface area contributed by atoms with E-state index in [1.807, 2.05) is 6.92 Å². The fraction of sp³-hybridized carbons (Fsp3) is 0.571. The summed E-state index contributed by atoms with van der Waals surface area (Å²) in [5, 5.41) is 3.66. The highest BCUT2D eigenvalue weighted by Gasteiger charge is 2.17. The molecule has 5 heteroatoms. The van der Waals surface area contributed by atoms with Gasteiger partial charge < -0.3 is 10.1 Å². The van der Waals surface area contributed by atoms with Crippen LogP contribution in [0.4, 0.5) is 0 Å². The molecule has 0 amide bonds. The van der Waals surface area contributed by atoms with Gasteiger partial charge in [0.1, 0.15) is 5.75 Å². The molecule has 0 aliphatic carbocycles. The van der Waals surface area contributed by atoms with Gasteiger partial charge in [0, 0.05) is 45.3 Å². The van der Waals surface area contributed by atoms with E-state index in [1.54, 1.807) is 6.26 Å². The average molecular weight is 346 g/mol. The van der Waals surface area contributed by atoms with Crippen LogP contribution in [0.1, 0.15) is 24.5 Å². The number of halogens is 1. The van der Waals surface area contributed by atoms with Crippen LogP contribution in [0.25, 0.3) is 0 Å². The van der Waals surface area contributed by atoms with Crippen LogP contribution in [-0.2, 0) is 23.8 Å². The predicted octanol–water partition coefficient (Wildman–Crippen LogP) is 2.63. The first kappa shape index (κ1) is 15.0. The molecule has 0 fully saturated rings. The first-order chi connectivity index (χ1) is 9.08. The molecule has 3 nitrogen and oxygen atoms in total. The molecule has 0 saturated heterocycles. The van der Waals surface area contributed by atoms with Crippen molar-refractivity contribution in [1.29, 1.82) is 0 Å². The molecule has 0 saturated carbocycles. The summed E-state index contributed by atoms with van der Waals surface area (Å²) < 4.78 is 18.1. The Kier molecular flexibility index (Phi) is 5.42. The molecule has 0 bridgehead atoms. The molecule has 2 atom stereocenters. The summed E-state index contributed by atoms with van der Waals surface area (Å²) >= 11 is 3.54. The highest BCUT2D eigenvalue weighted by atomic mass is 79.9. The molecule has 19 heavy (non-hydrogen) atoms. The lowest BCUT2D eigenvalue weighted by atomic mass is 10.1. The maximum absolute atomic E-state index is 11.3. The molecular formula is C14H20BrNO2S. The molecule has 1 N–H and O–H groups in total. The van der Waals surface area contributed by atoms with Gasteiger partial charge in [0.2, 0.25) is 0 Å². The van der Waals surface area contributed by atoms with Crippen LogP contribution >= 0.6 is 15.9 Å². The lowest BCUT2D eigenvalue weighted by molar-refractivity contribution is 0.352. The summed E-state index contributed by atoms with van der Waals surface area (Å²) in [7, 11) is -0.734. The van der Waals surface area contributed by atoms with Crippen molar-refractivity contribution in [2.24, 2.45) is 0 Å². The highest BCUT2D eigenvalue weighted by Crippen LogP contribution is 2.32. The number of hydrogen-bond donors (Lipinski definition) is 1. The lowest BCUT2D eigenvalue weighted by Gasteiger charge is -2.12. The maximum atomic E-state index is 11.3. The Morgan fingerprint density at radius 1 is 1.53 bits per heavy atom. The zero-order valence-electron chi connectivity index (χ0n) is 11.4. The first-order valence-corrected chi connectivity index (χ1v) is 8.96. The van der Waals surface area contributed by atoms with Crippen molar-refractivity contribution < 1.29 is 8.95 Å². The standard InChI is InChI=1S/C14H20BrNO2S/c1-10(19(2)17)3-5-16-9-12-8-13(15)7-11-4-6-18-14(11)12/h7-8,10,16H,3-6,9H2,1-2H3/t10-,19-/m1/s1. The summed E-state index contributed by atoms with van der Waals surface area (Å²) in [6.07, 6.45) is 3.69. The van der Waals surface area contributed by atoms with E-state index in [0.717, 1.165) is 42.8 Å². The number of fused-ring (bicyclic) bond motifs is 1. The Bertz CT molecular complexity index is 479. The van der Waals surface area contributed by atoms with Crippen molar-refractivity contribution >= 4 is 26.7 Å². The molecule has 0 spiro atoms. The highest BCUT2D eigenvalue weighted by molar-refractivity contribution is 9.10.